The molecule has 0 rings (SSSR count). The number of aliphatic carboxylic acids is 1. The van der Waals surface area contributed by atoms with E-state index in [9.17, 15) is 28.9 Å². The van der Waals surface area contributed by atoms with Crippen molar-refractivity contribution in [1.82, 2.24) is 0 Å². The first kappa shape index (κ1) is 57.1. The van der Waals surface area contributed by atoms with Gasteiger partial charge in [0.2, 0.25) is 0 Å². The largest absolute Gasteiger partial charge is 0.480 e. The van der Waals surface area contributed by atoms with E-state index in [1.54, 1.807) is 0 Å². The zero-order valence-electron chi connectivity index (χ0n) is 36.8. The number of aliphatic hydroxyl groups is 1. The number of carbonyl (C=O) groups excluding carboxylic acids is 2. The molecule has 0 fully saturated rings. The van der Waals surface area contributed by atoms with Crippen LogP contribution in [0, 0.1) is 0 Å². The molecule has 0 spiro atoms. The Morgan fingerprint density at radius 2 is 1.00 bits per heavy atom. The van der Waals surface area contributed by atoms with Crippen LogP contribution in [0.25, 0.3) is 0 Å². The number of allylic oxidation sites excluding steroid dienone is 18. The number of unbranched alkanes of at least 4 members (excludes halogenated alkanes) is 5. The van der Waals surface area contributed by atoms with E-state index in [0.29, 0.717) is 19.3 Å². The third-order valence-corrected chi connectivity index (χ3v) is 9.47. The summed E-state index contributed by atoms with van der Waals surface area (Å²) in [6, 6.07) is -1.55. The Labute approximate surface area is 366 Å². The van der Waals surface area contributed by atoms with Crippen LogP contribution in [0.1, 0.15) is 136 Å². The topological polar surface area (TPSA) is 192 Å². The van der Waals surface area contributed by atoms with E-state index in [4.69, 9.17) is 24.8 Å². The highest BCUT2D eigenvalue weighted by Gasteiger charge is 2.28. The number of hydrogen-bond donors (Lipinski definition) is 4. The smallest absolute Gasteiger partial charge is 0.472 e. The molecule has 0 radical (unpaired) electrons. The number of phosphoric acid groups is 1. The quantitative estimate of drug-likeness (QED) is 0.0198. The Morgan fingerprint density at radius 1 is 0.574 bits per heavy atom. The second-order valence-corrected chi connectivity index (χ2v) is 15.8. The first-order valence-corrected chi connectivity index (χ1v) is 23.4. The normalized spacial score (nSPS) is 15.2. The van der Waals surface area contributed by atoms with Crippen molar-refractivity contribution in [1.29, 1.82) is 0 Å². The number of nitrogens with two attached hydrogens (primary N) is 1. The molecular weight excluding hydrogens is 797 g/mol. The Hall–Kier alpha value is -3.90. The van der Waals surface area contributed by atoms with Crippen molar-refractivity contribution >= 4 is 25.7 Å². The molecule has 0 aromatic heterocycles. The van der Waals surface area contributed by atoms with Gasteiger partial charge in [0.15, 0.2) is 6.10 Å². The third-order valence-electron chi connectivity index (χ3n) is 8.52. The fourth-order valence-corrected chi connectivity index (χ4v) is 5.88. The maximum absolute atomic E-state index is 12.6. The van der Waals surface area contributed by atoms with E-state index >= 15 is 0 Å². The summed E-state index contributed by atoms with van der Waals surface area (Å²) < 4.78 is 32.6. The molecule has 0 saturated heterocycles. The highest BCUT2D eigenvalue weighted by molar-refractivity contribution is 7.47. The monoisotopic (exact) mass is 874 g/mol. The standard InChI is InChI=1S/C48H76NO11P/c1-3-4-5-6-7-8-9-10-11-12-13-14-17-21-24-27-30-33-36-39-47(52)60-44(41-58-61(55,56)59-42-45(49)48(53)54)40-57-46(51)38-35-32-29-26-23-20-18-15-16-19-22-25-28-31-34-37-43(2)50/h4-5,7-8,10-11,13-14,16,18-21,24-26,28-29,43-45,50H,3,6,9,12,15,17,22-23,27,30-42,49H2,1-2H3,(H,53,54)(H,55,56)/b5-4-,8-7-,11-10-,14-13-,19-16-,20-18-,24-21-,28-25-,29-26-/t43-,44-,45+/m1/s1. The van der Waals surface area contributed by atoms with Crippen LogP contribution in [0.5, 0.6) is 0 Å². The van der Waals surface area contributed by atoms with E-state index in [2.05, 4.69) is 109 Å². The molecule has 0 aliphatic heterocycles. The average Bonchev–Trinajstić information content (AvgIpc) is 3.22. The van der Waals surface area contributed by atoms with Gasteiger partial charge in [0.1, 0.15) is 12.6 Å². The molecule has 61 heavy (non-hydrogen) atoms. The van der Waals surface area contributed by atoms with Gasteiger partial charge in [-0.3, -0.25) is 23.4 Å². The predicted octanol–water partition coefficient (Wildman–Crippen LogP) is 10.8. The van der Waals surface area contributed by atoms with Gasteiger partial charge in [-0.15, -0.1) is 0 Å². The van der Waals surface area contributed by atoms with Crippen LogP contribution >= 0.6 is 7.82 Å². The molecule has 0 aliphatic rings. The summed E-state index contributed by atoms with van der Waals surface area (Å²) in [5.74, 6) is -2.53. The number of phosphoric ester groups is 1. The fourth-order valence-electron chi connectivity index (χ4n) is 5.10. The van der Waals surface area contributed by atoms with Crippen molar-refractivity contribution in [3.05, 3.63) is 109 Å². The van der Waals surface area contributed by atoms with Gasteiger partial charge in [-0.05, 0) is 110 Å². The fraction of sp³-hybridized carbons (Fsp3) is 0.562. The number of ether oxygens (including phenoxy) is 2. The molecule has 13 heteroatoms. The van der Waals surface area contributed by atoms with Crippen LogP contribution in [-0.4, -0.2) is 71.1 Å². The van der Waals surface area contributed by atoms with Crippen LogP contribution in [0.2, 0.25) is 0 Å². The van der Waals surface area contributed by atoms with Crippen molar-refractivity contribution < 1.29 is 52.6 Å². The molecule has 0 heterocycles. The van der Waals surface area contributed by atoms with E-state index in [1.807, 2.05) is 19.1 Å². The Bertz CT molecular complexity index is 1460. The van der Waals surface area contributed by atoms with E-state index < -0.39 is 57.7 Å². The van der Waals surface area contributed by atoms with Crippen LogP contribution in [0.3, 0.4) is 0 Å². The van der Waals surface area contributed by atoms with Crippen molar-refractivity contribution in [3.8, 4) is 0 Å². The minimum atomic E-state index is -4.75. The van der Waals surface area contributed by atoms with Gasteiger partial charge in [0.05, 0.1) is 19.3 Å². The lowest BCUT2D eigenvalue weighted by Gasteiger charge is -2.20. The summed E-state index contributed by atoms with van der Waals surface area (Å²) in [5, 5.41) is 18.2. The number of esters is 2. The van der Waals surface area contributed by atoms with Gasteiger partial charge >= 0.3 is 25.7 Å². The number of carbonyl (C=O) groups is 3. The Kier molecular flexibility index (Phi) is 38.8. The zero-order valence-corrected chi connectivity index (χ0v) is 37.7. The molecule has 0 aromatic carbocycles. The molecule has 0 saturated carbocycles. The molecule has 4 atom stereocenters. The van der Waals surface area contributed by atoms with Crippen LogP contribution < -0.4 is 5.73 Å². The second-order valence-electron chi connectivity index (χ2n) is 14.4. The highest BCUT2D eigenvalue weighted by atomic mass is 31.2. The summed E-state index contributed by atoms with van der Waals surface area (Å²) in [6.07, 6.45) is 51.5. The SMILES string of the molecule is CC/C=C\C/C=C\C/C=C\C/C=C\C/C=C\CCCCCC(=O)O[C@H](COC(=O)CCC/C=C\C/C=C\C/C=C\C/C=C\CCC[C@@H](C)O)COP(=O)(O)OC[C@H](N)C(=O)O. The van der Waals surface area contributed by atoms with Crippen molar-refractivity contribution in [3.63, 3.8) is 0 Å². The van der Waals surface area contributed by atoms with Crippen molar-refractivity contribution in [2.45, 2.75) is 154 Å². The molecule has 1 unspecified atom stereocenters. The summed E-state index contributed by atoms with van der Waals surface area (Å²) in [6.45, 7) is 2.12. The molecule has 5 N–H and O–H groups in total. The van der Waals surface area contributed by atoms with Crippen molar-refractivity contribution in [2.24, 2.45) is 5.73 Å². The number of aliphatic hydroxyl groups excluding tert-OH is 1. The van der Waals surface area contributed by atoms with Gasteiger partial charge in [0.25, 0.3) is 0 Å². The number of carboxylic acids is 1. The van der Waals surface area contributed by atoms with Crippen LogP contribution in [0.4, 0.5) is 0 Å². The lowest BCUT2D eigenvalue weighted by Crippen LogP contribution is -2.34. The summed E-state index contributed by atoms with van der Waals surface area (Å²) >= 11 is 0. The molecule has 0 aromatic rings. The van der Waals surface area contributed by atoms with Crippen LogP contribution in [-0.2, 0) is 37.5 Å². The minimum Gasteiger partial charge on any atom is -0.480 e. The summed E-state index contributed by atoms with van der Waals surface area (Å²) in [7, 11) is -4.75. The van der Waals surface area contributed by atoms with E-state index in [0.717, 1.165) is 89.9 Å². The lowest BCUT2D eigenvalue weighted by molar-refractivity contribution is -0.161. The van der Waals surface area contributed by atoms with E-state index in [-0.39, 0.29) is 18.9 Å². The highest BCUT2D eigenvalue weighted by Crippen LogP contribution is 2.43. The molecule has 0 aliphatic carbocycles. The summed E-state index contributed by atoms with van der Waals surface area (Å²) in [5.41, 5.74) is 5.33. The molecule has 0 amide bonds. The average molecular weight is 874 g/mol. The van der Waals surface area contributed by atoms with Crippen LogP contribution in [0.15, 0.2) is 109 Å². The Balaban J connectivity index is 4.54. The molecular formula is C48H76NO11P. The van der Waals surface area contributed by atoms with Gasteiger partial charge in [0, 0.05) is 12.8 Å². The molecule has 12 nitrogen and oxygen atoms in total. The number of carboxylic acid groups (broad SMARTS) is 1. The molecule has 344 valence electrons. The van der Waals surface area contributed by atoms with Gasteiger partial charge in [-0.2, -0.15) is 0 Å². The third kappa shape index (κ3) is 42.6. The minimum absolute atomic E-state index is 0.0967. The first-order chi connectivity index (χ1) is 29.5. The maximum atomic E-state index is 12.6. The Morgan fingerprint density at radius 3 is 1.48 bits per heavy atom. The zero-order chi connectivity index (χ0) is 45.1. The lowest BCUT2D eigenvalue weighted by atomic mass is 10.1. The summed E-state index contributed by atoms with van der Waals surface area (Å²) in [4.78, 5) is 46.0. The van der Waals surface area contributed by atoms with Gasteiger partial charge in [-0.25, -0.2) is 4.57 Å². The second kappa shape index (κ2) is 41.5. The predicted molar refractivity (Wildman–Crippen MR) is 246 cm³/mol. The van der Waals surface area contributed by atoms with Crippen molar-refractivity contribution in [2.75, 3.05) is 19.8 Å². The van der Waals surface area contributed by atoms with E-state index in [1.165, 1.54) is 0 Å². The van der Waals surface area contributed by atoms with Gasteiger partial charge < -0.3 is 30.3 Å². The van der Waals surface area contributed by atoms with Gasteiger partial charge in [-0.1, -0.05) is 123 Å². The maximum Gasteiger partial charge on any atom is 0.472 e. The number of rotatable bonds is 39. The first-order valence-electron chi connectivity index (χ1n) is 21.9. The number of hydrogen-bond acceptors (Lipinski definition) is 10. The molecule has 0 bridgehead atoms.